The SMILES string of the molecule is Cc1cc(N2CCC[C@]3(CNCC[C@@H]3O)C2)nc(-c2cccnc2)n1.Cl.Cl. The summed E-state index contributed by atoms with van der Waals surface area (Å²) in [5.74, 6) is 1.66. The van der Waals surface area contributed by atoms with Crippen LogP contribution < -0.4 is 10.2 Å². The van der Waals surface area contributed by atoms with Crippen molar-refractivity contribution in [1.82, 2.24) is 20.3 Å². The molecule has 0 amide bonds. The van der Waals surface area contributed by atoms with Crippen LogP contribution in [-0.2, 0) is 0 Å². The molecule has 2 aliphatic rings. The number of rotatable bonds is 2. The van der Waals surface area contributed by atoms with Crippen LogP contribution in [0.1, 0.15) is 25.0 Å². The van der Waals surface area contributed by atoms with Crippen LogP contribution in [0.25, 0.3) is 11.4 Å². The van der Waals surface area contributed by atoms with Crippen LogP contribution >= 0.6 is 24.8 Å². The van der Waals surface area contributed by atoms with E-state index in [1.54, 1.807) is 12.4 Å². The summed E-state index contributed by atoms with van der Waals surface area (Å²) in [5.41, 5.74) is 1.81. The quantitative estimate of drug-likeness (QED) is 0.790. The number of anilines is 1. The van der Waals surface area contributed by atoms with Crippen LogP contribution in [0.4, 0.5) is 5.82 Å². The average molecular weight is 412 g/mol. The molecule has 148 valence electrons. The molecule has 27 heavy (non-hydrogen) atoms. The van der Waals surface area contributed by atoms with Gasteiger partial charge in [-0.1, -0.05) is 0 Å². The number of aromatic nitrogens is 3. The lowest BCUT2D eigenvalue weighted by Crippen LogP contribution is -2.58. The Balaban J connectivity index is 0.00000131. The van der Waals surface area contributed by atoms with Gasteiger partial charge in [0.1, 0.15) is 5.82 Å². The van der Waals surface area contributed by atoms with E-state index in [-0.39, 0.29) is 36.3 Å². The number of hydrogen-bond donors (Lipinski definition) is 2. The van der Waals surface area contributed by atoms with E-state index in [0.717, 1.165) is 62.5 Å². The molecule has 2 saturated heterocycles. The van der Waals surface area contributed by atoms with Crippen molar-refractivity contribution in [2.75, 3.05) is 31.1 Å². The fourth-order valence-electron chi connectivity index (χ4n) is 4.11. The molecule has 0 aromatic carbocycles. The van der Waals surface area contributed by atoms with Gasteiger partial charge in [0.25, 0.3) is 0 Å². The zero-order valence-corrected chi connectivity index (χ0v) is 17.1. The number of aliphatic hydroxyl groups is 1. The number of nitrogens with one attached hydrogen (secondary N) is 1. The Morgan fingerprint density at radius 1 is 1.30 bits per heavy atom. The van der Waals surface area contributed by atoms with E-state index in [0.29, 0.717) is 5.82 Å². The normalized spacial score (nSPS) is 24.8. The van der Waals surface area contributed by atoms with E-state index in [4.69, 9.17) is 4.98 Å². The highest BCUT2D eigenvalue weighted by Crippen LogP contribution is 2.37. The number of aryl methyl sites for hydroxylation is 1. The summed E-state index contributed by atoms with van der Waals surface area (Å²) in [4.78, 5) is 15.9. The van der Waals surface area contributed by atoms with Gasteiger partial charge in [0.05, 0.1) is 6.10 Å². The smallest absolute Gasteiger partial charge is 0.163 e. The average Bonchev–Trinajstić information content (AvgIpc) is 2.65. The maximum Gasteiger partial charge on any atom is 0.163 e. The van der Waals surface area contributed by atoms with Gasteiger partial charge in [-0.05, 0) is 44.9 Å². The van der Waals surface area contributed by atoms with Crippen LogP contribution in [0.3, 0.4) is 0 Å². The van der Waals surface area contributed by atoms with Gasteiger partial charge in [-0.2, -0.15) is 0 Å². The van der Waals surface area contributed by atoms with E-state index in [9.17, 15) is 5.11 Å². The molecule has 8 heteroatoms. The molecule has 2 aromatic rings. The van der Waals surface area contributed by atoms with Crippen molar-refractivity contribution >= 4 is 30.6 Å². The summed E-state index contributed by atoms with van der Waals surface area (Å²) in [6.45, 7) is 5.59. The largest absolute Gasteiger partial charge is 0.392 e. The molecule has 1 spiro atoms. The fourth-order valence-corrected chi connectivity index (χ4v) is 4.11. The topological polar surface area (TPSA) is 74.2 Å². The summed E-state index contributed by atoms with van der Waals surface area (Å²) in [6, 6.07) is 5.93. The molecule has 2 aromatic heterocycles. The third kappa shape index (κ3) is 4.51. The number of hydrogen-bond acceptors (Lipinski definition) is 6. The molecule has 2 aliphatic heterocycles. The first-order chi connectivity index (χ1) is 12.2. The molecule has 0 radical (unpaired) electrons. The Kier molecular flexibility index (Phi) is 7.40. The number of halogens is 2. The Hall–Kier alpha value is -1.47. The van der Waals surface area contributed by atoms with Gasteiger partial charge in [0.15, 0.2) is 5.82 Å². The highest BCUT2D eigenvalue weighted by Gasteiger charge is 2.43. The Bertz CT molecular complexity index is 744. The number of piperidine rings is 2. The first-order valence-corrected chi connectivity index (χ1v) is 9.06. The molecule has 0 unspecified atom stereocenters. The van der Waals surface area contributed by atoms with E-state index in [2.05, 4.69) is 20.2 Å². The lowest BCUT2D eigenvalue weighted by molar-refractivity contribution is -0.0102. The lowest BCUT2D eigenvalue weighted by atomic mass is 9.72. The minimum Gasteiger partial charge on any atom is -0.392 e. The lowest BCUT2D eigenvalue weighted by Gasteiger charge is -2.48. The maximum absolute atomic E-state index is 10.6. The van der Waals surface area contributed by atoms with Crippen molar-refractivity contribution in [3.8, 4) is 11.4 Å². The molecule has 6 nitrogen and oxygen atoms in total. The van der Waals surface area contributed by atoms with E-state index < -0.39 is 0 Å². The zero-order chi connectivity index (χ0) is 17.3. The van der Waals surface area contributed by atoms with Gasteiger partial charge in [-0.25, -0.2) is 9.97 Å². The second-order valence-corrected chi connectivity index (χ2v) is 7.30. The van der Waals surface area contributed by atoms with E-state index in [1.165, 1.54) is 0 Å². The standard InChI is InChI=1S/C19H25N5O.2ClH/c1-14-10-17(23-18(22-14)15-4-2-7-20-11-15)24-9-3-6-19(13-24)12-21-8-5-16(19)25;;/h2,4,7,10-11,16,21,25H,3,5-6,8-9,12-13H2,1H3;2*1H/t16-,19-;;/m0../s1. The molecule has 2 atom stereocenters. The molecule has 0 saturated carbocycles. The van der Waals surface area contributed by atoms with Gasteiger partial charge in [0, 0.05) is 54.8 Å². The second-order valence-electron chi connectivity index (χ2n) is 7.30. The zero-order valence-electron chi connectivity index (χ0n) is 15.5. The number of pyridine rings is 1. The molecule has 2 N–H and O–H groups in total. The van der Waals surface area contributed by atoms with Crippen LogP contribution in [0.2, 0.25) is 0 Å². The van der Waals surface area contributed by atoms with Gasteiger partial charge < -0.3 is 15.3 Å². The van der Waals surface area contributed by atoms with Crippen LogP contribution in [-0.4, -0.2) is 52.3 Å². The maximum atomic E-state index is 10.6. The van der Waals surface area contributed by atoms with Crippen LogP contribution in [0, 0.1) is 12.3 Å². The van der Waals surface area contributed by atoms with Crippen molar-refractivity contribution in [3.63, 3.8) is 0 Å². The number of nitrogens with zero attached hydrogens (tertiary/aromatic N) is 4. The van der Waals surface area contributed by atoms with Crippen molar-refractivity contribution in [1.29, 1.82) is 0 Å². The highest BCUT2D eigenvalue weighted by atomic mass is 35.5. The third-order valence-corrected chi connectivity index (χ3v) is 5.47. The van der Waals surface area contributed by atoms with E-state index >= 15 is 0 Å². The Morgan fingerprint density at radius 3 is 2.89 bits per heavy atom. The molecular weight excluding hydrogens is 385 g/mol. The van der Waals surface area contributed by atoms with Gasteiger partial charge in [0.2, 0.25) is 0 Å². The summed E-state index contributed by atoms with van der Waals surface area (Å²) in [6.07, 6.45) is 6.29. The molecule has 0 aliphatic carbocycles. The van der Waals surface area contributed by atoms with Crippen LogP contribution in [0.15, 0.2) is 30.6 Å². The first-order valence-electron chi connectivity index (χ1n) is 9.06. The highest BCUT2D eigenvalue weighted by molar-refractivity contribution is 5.85. The van der Waals surface area contributed by atoms with Crippen molar-refractivity contribution in [2.24, 2.45) is 5.41 Å². The molecular formula is C19H27Cl2N5O. The van der Waals surface area contributed by atoms with Crippen molar-refractivity contribution in [2.45, 2.75) is 32.3 Å². The van der Waals surface area contributed by atoms with E-state index in [1.807, 2.05) is 25.1 Å². The first kappa shape index (κ1) is 21.8. The predicted molar refractivity (Wildman–Crippen MR) is 112 cm³/mol. The summed E-state index contributed by atoms with van der Waals surface area (Å²) < 4.78 is 0. The minimum absolute atomic E-state index is 0. The Morgan fingerprint density at radius 2 is 2.15 bits per heavy atom. The second kappa shape index (κ2) is 9.15. The van der Waals surface area contributed by atoms with Crippen molar-refractivity contribution in [3.05, 3.63) is 36.3 Å². The van der Waals surface area contributed by atoms with Gasteiger partial charge in [-0.3, -0.25) is 4.98 Å². The fraction of sp³-hybridized carbons (Fsp3) is 0.526. The summed E-state index contributed by atoms with van der Waals surface area (Å²) in [5, 5.41) is 14.1. The monoisotopic (exact) mass is 411 g/mol. The van der Waals surface area contributed by atoms with Gasteiger partial charge >= 0.3 is 0 Å². The molecule has 4 heterocycles. The molecule has 2 fully saturated rings. The third-order valence-electron chi connectivity index (χ3n) is 5.47. The van der Waals surface area contributed by atoms with Gasteiger partial charge in [-0.15, -0.1) is 24.8 Å². The summed E-state index contributed by atoms with van der Waals surface area (Å²) in [7, 11) is 0. The summed E-state index contributed by atoms with van der Waals surface area (Å²) >= 11 is 0. The van der Waals surface area contributed by atoms with Crippen molar-refractivity contribution < 1.29 is 5.11 Å². The Labute approximate surface area is 172 Å². The molecule has 4 rings (SSSR count). The van der Waals surface area contributed by atoms with Crippen LogP contribution in [0.5, 0.6) is 0 Å². The predicted octanol–water partition coefficient (Wildman–Crippen LogP) is 2.63. The minimum atomic E-state index is -0.239. The number of aliphatic hydroxyl groups excluding tert-OH is 1. The molecule has 0 bridgehead atoms.